The summed E-state index contributed by atoms with van der Waals surface area (Å²) in [7, 11) is 1.65. The average Bonchev–Trinajstić information content (AvgIpc) is 2.81. The van der Waals surface area contributed by atoms with Crippen LogP contribution >= 0.6 is 11.3 Å². The lowest BCUT2D eigenvalue weighted by atomic mass is 10.1. The van der Waals surface area contributed by atoms with Gasteiger partial charge in [-0.2, -0.15) is 0 Å². The molecule has 0 radical (unpaired) electrons. The second-order valence-corrected chi connectivity index (χ2v) is 6.49. The number of halogens is 2. The first-order valence-electron chi connectivity index (χ1n) is 7.25. The largest absolute Gasteiger partial charge is 0.351 e. The fraction of sp³-hybridized carbons (Fsp3) is 0.375. The van der Waals surface area contributed by atoms with Crippen LogP contribution in [0.1, 0.15) is 34.1 Å². The van der Waals surface area contributed by atoms with Gasteiger partial charge in [0.25, 0.3) is 0 Å². The van der Waals surface area contributed by atoms with Crippen molar-refractivity contribution in [1.82, 2.24) is 15.6 Å². The Morgan fingerprint density at radius 2 is 2.09 bits per heavy atom. The van der Waals surface area contributed by atoms with E-state index in [1.54, 1.807) is 25.3 Å². The van der Waals surface area contributed by atoms with Crippen LogP contribution in [0.4, 0.5) is 8.78 Å². The van der Waals surface area contributed by atoms with E-state index in [-0.39, 0.29) is 6.04 Å². The van der Waals surface area contributed by atoms with Crippen molar-refractivity contribution < 1.29 is 8.78 Å². The highest BCUT2D eigenvalue weighted by Crippen LogP contribution is 2.18. The molecule has 7 heteroatoms. The Kier molecular flexibility index (Phi) is 5.65. The van der Waals surface area contributed by atoms with E-state index in [0.29, 0.717) is 18.1 Å². The van der Waals surface area contributed by atoms with Crippen molar-refractivity contribution in [1.29, 1.82) is 0 Å². The minimum atomic E-state index is -0.586. The smallest absolute Gasteiger partial charge is 0.191 e. The van der Waals surface area contributed by atoms with E-state index < -0.39 is 11.6 Å². The molecule has 124 valence electrons. The predicted molar refractivity (Wildman–Crippen MR) is 89.7 cm³/mol. The molecule has 0 amide bonds. The molecule has 0 bridgehead atoms. The summed E-state index contributed by atoms with van der Waals surface area (Å²) >= 11 is 1.63. The van der Waals surface area contributed by atoms with E-state index in [1.165, 1.54) is 12.1 Å². The Morgan fingerprint density at radius 3 is 2.65 bits per heavy atom. The lowest BCUT2D eigenvalue weighted by Gasteiger charge is -2.18. The monoisotopic (exact) mass is 338 g/mol. The SMILES string of the molecule is CN=C(NCc1sc(C)nc1C)NC(C)c1ccc(F)cc1F. The molecule has 0 saturated carbocycles. The number of aryl methyl sites for hydroxylation is 2. The molecular weight excluding hydrogens is 318 g/mol. The van der Waals surface area contributed by atoms with E-state index in [4.69, 9.17) is 0 Å². The molecule has 0 fully saturated rings. The normalized spacial score (nSPS) is 13.0. The molecule has 2 aromatic rings. The van der Waals surface area contributed by atoms with Crippen molar-refractivity contribution in [3.63, 3.8) is 0 Å². The third-order valence-corrected chi connectivity index (χ3v) is 4.49. The zero-order chi connectivity index (χ0) is 17.0. The van der Waals surface area contributed by atoms with Gasteiger partial charge in [-0.1, -0.05) is 6.07 Å². The van der Waals surface area contributed by atoms with Gasteiger partial charge in [-0.15, -0.1) is 11.3 Å². The maximum absolute atomic E-state index is 13.8. The van der Waals surface area contributed by atoms with Crippen molar-refractivity contribution in [2.75, 3.05) is 7.05 Å². The number of guanidine groups is 1. The molecule has 1 aromatic heterocycles. The number of aliphatic imine (C=N–C) groups is 1. The van der Waals surface area contributed by atoms with Crippen molar-refractivity contribution >= 4 is 17.3 Å². The topological polar surface area (TPSA) is 49.3 Å². The van der Waals surface area contributed by atoms with Gasteiger partial charge in [-0.3, -0.25) is 4.99 Å². The van der Waals surface area contributed by atoms with Gasteiger partial charge >= 0.3 is 0 Å². The summed E-state index contributed by atoms with van der Waals surface area (Å²) in [6.07, 6.45) is 0. The Morgan fingerprint density at radius 1 is 1.35 bits per heavy atom. The van der Waals surface area contributed by atoms with Crippen LogP contribution in [0.2, 0.25) is 0 Å². The summed E-state index contributed by atoms with van der Waals surface area (Å²) in [4.78, 5) is 9.64. The predicted octanol–water partition coefficient (Wildman–Crippen LogP) is 3.46. The first-order chi connectivity index (χ1) is 10.9. The number of nitrogens with zero attached hydrogens (tertiary/aromatic N) is 2. The van der Waals surface area contributed by atoms with Gasteiger partial charge in [0.05, 0.1) is 23.3 Å². The van der Waals surface area contributed by atoms with E-state index in [0.717, 1.165) is 21.6 Å². The lowest BCUT2D eigenvalue weighted by molar-refractivity contribution is 0.551. The zero-order valence-corrected chi connectivity index (χ0v) is 14.4. The number of thiazole rings is 1. The van der Waals surface area contributed by atoms with Crippen LogP contribution in [0.5, 0.6) is 0 Å². The molecule has 0 aliphatic rings. The highest BCUT2D eigenvalue weighted by molar-refractivity contribution is 7.11. The summed E-state index contributed by atoms with van der Waals surface area (Å²) in [5.41, 5.74) is 1.38. The van der Waals surface area contributed by atoms with E-state index in [9.17, 15) is 8.78 Å². The highest BCUT2D eigenvalue weighted by Gasteiger charge is 2.13. The third-order valence-electron chi connectivity index (χ3n) is 3.42. The van der Waals surface area contributed by atoms with Crippen LogP contribution in [0.15, 0.2) is 23.2 Å². The fourth-order valence-corrected chi connectivity index (χ4v) is 3.11. The minimum absolute atomic E-state index is 0.342. The zero-order valence-electron chi connectivity index (χ0n) is 13.6. The molecule has 23 heavy (non-hydrogen) atoms. The van der Waals surface area contributed by atoms with E-state index in [1.807, 2.05) is 13.8 Å². The Bertz CT molecular complexity index is 712. The van der Waals surface area contributed by atoms with Crippen LogP contribution in [0, 0.1) is 25.5 Å². The van der Waals surface area contributed by atoms with Gasteiger partial charge in [0.2, 0.25) is 0 Å². The molecule has 2 N–H and O–H groups in total. The standard InChI is InChI=1S/C16H20F2N4S/c1-9(13-6-5-12(17)7-14(13)18)22-16(19-4)20-8-15-10(2)21-11(3)23-15/h5-7,9H,8H2,1-4H3,(H2,19,20,22). The summed E-state index contributed by atoms with van der Waals surface area (Å²) in [5, 5.41) is 7.30. The number of benzene rings is 1. The lowest BCUT2D eigenvalue weighted by Crippen LogP contribution is -2.38. The highest BCUT2D eigenvalue weighted by atomic mass is 32.1. The first-order valence-corrected chi connectivity index (χ1v) is 8.07. The molecule has 0 spiro atoms. The molecule has 0 aliphatic heterocycles. The molecule has 2 rings (SSSR count). The van der Waals surface area contributed by atoms with Crippen LogP contribution in [0.3, 0.4) is 0 Å². The number of hydrogen-bond acceptors (Lipinski definition) is 3. The summed E-state index contributed by atoms with van der Waals surface area (Å²) in [6.45, 7) is 6.32. The number of hydrogen-bond donors (Lipinski definition) is 2. The third kappa shape index (κ3) is 4.48. The van der Waals surface area contributed by atoms with Crippen LogP contribution in [-0.4, -0.2) is 18.0 Å². The van der Waals surface area contributed by atoms with Crippen LogP contribution in [-0.2, 0) is 6.54 Å². The van der Waals surface area contributed by atoms with Gasteiger partial charge in [0.15, 0.2) is 5.96 Å². The van der Waals surface area contributed by atoms with Crippen molar-refractivity contribution in [3.05, 3.63) is 51.0 Å². The number of nitrogens with one attached hydrogen (secondary N) is 2. The van der Waals surface area contributed by atoms with E-state index >= 15 is 0 Å². The second-order valence-electron chi connectivity index (χ2n) is 5.20. The van der Waals surface area contributed by atoms with E-state index in [2.05, 4.69) is 20.6 Å². The first kappa shape index (κ1) is 17.3. The Labute approximate surface area is 138 Å². The summed E-state index contributed by atoms with van der Waals surface area (Å²) in [5.74, 6) is -0.613. The van der Waals surface area contributed by atoms with Crippen LogP contribution in [0.25, 0.3) is 0 Å². The van der Waals surface area contributed by atoms with Gasteiger partial charge in [-0.05, 0) is 26.8 Å². The maximum Gasteiger partial charge on any atom is 0.191 e. The fourth-order valence-electron chi connectivity index (χ4n) is 2.23. The van der Waals surface area contributed by atoms with Crippen molar-refractivity contribution in [3.8, 4) is 0 Å². The van der Waals surface area contributed by atoms with Crippen LogP contribution < -0.4 is 10.6 Å². The number of rotatable bonds is 4. The number of aromatic nitrogens is 1. The molecule has 1 heterocycles. The maximum atomic E-state index is 13.8. The second kappa shape index (κ2) is 7.50. The molecule has 0 aliphatic carbocycles. The summed E-state index contributed by atoms with van der Waals surface area (Å²) in [6, 6.07) is 3.22. The molecule has 0 saturated heterocycles. The molecular formula is C16H20F2N4S. The molecule has 4 nitrogen and oxygen atoms in total. The molecule has 1 aromatic carbocycles. The van der Waals surface area contributed by atoms with Crippen molar-refractivity contribution in [2.45, 2.75) is 33.4 Å². The Hall–Kier alpha value is -2.02. The van der Waals surface area contributed by atoms with Gasteiger partial charge in [-0.25, -0.2) is 13.8 Å². The quantitative estimate of drug-likeness (QED) is 0.663. The Balaban J connectivity index is 2.00. The van der Waals surface area contributed by atoms with Crippen molar-refractivity contribution in [2.24, 2.45) is 4.99 Å². The average molecular weight is 338 g/mol. The molecule has 1 unspecified atom stereocenters. The minimum Gasteiger partial charge on any atom is -0.351 e. The van der Waals surface area contributed by atoms with Gasteiger partial charge in [0.1, 0.15) is 11.6 Å². The summed E-state index contributed by atoms with van der Waals surface area (Å²) < 4.78 is 26.8. The van der Waals surface area contributed by atoms with Gasteiger partial charge in [0, 0.05) is 23.6 Å². The molecule has 1 atom stereocenters. The van der Waals surface area contributed by atoms with Gasteiger partial charge < -0.3 is 10.6 Å².